The van der Waals surface area contributed by atoms with Crippen molar-refractivity contribution in [2.75, 3.05) is 38.0 Å². The van der Waals surface area contributed by atoms with Crippen LogP contribution in [0.15, 0.2) is 6.07 Å². The molecule has 0 radical (unpaired) electrons. The molecule has 0 unspecified atom stereocenters. The maximum atomic E-state index is 12.2. The van der Waals surface area contributed by atoms with Gasteiger partial charge in [0.05, 0.1) is 5.39 Å². The van der Waals surface area contributed by atoms with E-state index in [1.54, 1.807) is 11.3 Å². The average Bonchev–Trinajstić information content (AvgIpc) is 2.98. The van der Waals surface area contributed by atoms with Gasteiger partial charge in [-0.3, -0.25) is 4.79 Å². The number of rotatable bonds is 5. The second-order valence-electron chi connectivity index (χ2n) is 5.71. The fourth-order valence-electron chi connectivity index (χ4n) is 2.75. The Morgan fingerprint density at radius 3 is 2.91 bits per heavy atom. The molecule has 3 rings (SSSR count). The van der Waals surface area contributed by atoms with Gasteiger partial charge in [-0.05, 0) is 19.4 Å². The third-order valence-electron chi connectivity index (χ3n) is 4.01. The van der Waals surface area contributed by atoms with Gasteiger partial charge in [0, 0.05) is 44.0 Å². The highest BCUT2D eigenvalue weighted by molar-refractivity contribution is 7.18. The first-order valence-corrected chi connectivity index (χ1v) is 8.98. The number of hydrogen-bond donors (Lipinski definition) is 2. The molecule has 23 heavy (non-hydrogen) atoms. The number of carbonyl (C=O) groups excluding carboxylic acids is 1. The predicted molar refractivity (Wildman–Crippen MR) is 94.1 cm³/mol. The fraction of sp³-hybridized carbons (Fsp3) is 0.562. The van der Waals surface area contributed by atoms with Gasteiger partial charge < -0.3 is 15.5 Å². The number of anilines is 1. The number of aromatic nitrogens is 2. The monoisotopic (exact) mass is 333 g/mol. The largest absolute Gasteiger partial charge is 0.369 e. The molecule has 0 aliphatic carbocycles. The van der Waals surface area contributed by atoms with Gasteiger partial charge in [0.25, 0.3) is 0 Å². The van der Waals surface area contributed by atoms with Crippen LogP contribution in [-0.2, 0) is 11.2 Å². The quantitative estimate of drug-likeness (QED) is 0.873. The Hall–Kier alpha value is -1.73. The molecule has 0 saturated carbocycles. The van der Waals surface area contributed by atoms with E-state index in [9.17, 15) is 4.79 Å². The SMILES string of the molecule is CCc1cc2c(NCCC(=O)N3CCNCC3)nc(C)nc2s1. The highest BCUT2D eigenvalue weighted by Gasteiger charge is 2.16. The standard InChI is InChI=1S/C16H23N5OS/c1-3-12-10-13-15(19-11(2)20-16(13)23-12)18-5-4-14(22)21-8-6-17-7-9-21/h10,17H,3-9H2,1-2H3,(H,18,19,20). The van der Waals surface area contributed by atoms with Gasteiger partial charge in [-0.25, -0.2) is 9.97 Å². The summed E-state index contributed by atoms with van der Waals surface area (Å²) in [5.74, 6) is 1.81. The zero-order chi connectivity index (χ0) is 16.2. The van der Waals surface area contributed by atoms with Crippen LogP contribution in [0.3, 0.4) is 0 Å². The number of aryl methyl sites for hydroxylation is 2. The van der Waals surface area contributed by atoms with Gasteiger partial charge in [0.2, 0.25) is 5.91 Å². The highest BCUT2D eigenvalue weighted by Crippen LogP contribution is 2.29. The van der Waals surface area contributed by atoms with Crippen LogP contribution in [0.5, 0.6) is 0 Å². The smallest absolute Gasteiger partial charge is 0.224 e. The second-order valence-corrected chi connectivity index (χ2v) is 6.83. The van der Waals surface area contributed by atoms with Gasteiger partial charge in [-0.15, -0.1) is 11.3 Å². The molecule has 1 amide bonds. The zero-order valence-electron chi connectivity index (χ0n) is 13.7. The van der Waals surface area contributed by atoms with Crippen molar-refractivity contribution < 1.29 is 4.79 Å². The van der Waals surface area contributed by atoms with Crippen molar-refractivity contribution in [2.24, 2.45) is 0 Å². The molecule has 1 aliphatic heterocycles. The molecule has 0 bridgehead atoms. The lowest BCUT2D eigenvalue weighted by Gasteiger charge is -2.27. The number of fused-ring (bicyclic) bond motifs is 1. The molecule has 2 aromatic rings. The van der Waals surface area contributed by atoms with Crippen LogP contribution in [-0.4, -0.2) is 53.5 Å². The summed E-state index contributed by atoms with van der Waals surface area (Å²) in [4.78, 5) is 25.5. The molecule has 2 aromatic heterocycles. The number of thiophene rings is 1. The lowest BCUT2D eigenvalue weighted by atomic mass is 10.3. The minimum absolute atomic E-state index is 0.209. The minimum Gasteiger partial charge on any atom is -0.369 e. The summed E-state index contributed by atoms with van der Waals surface area (Å²) in [6, 6.07) is 2.15. The molecular weight excluding hydrogens is 310 g/mol. The molecule has 3 heterocycles. The van der Waals surface area contributed by atoms with Crippen LogP contribution in [0, 0.1) is 6.92 Å². The first-order valence-electron chi connectivity index (χ1n) is 8.17. The number of nitrogens with one attached hydrogen (secondary N) is 2. The molecule has 1 saturated heterocycles. The molecule has 1 aliphatic rings. The maximum Gasteiger partial charge on any atom is 0.224 e. The van der Waals surface area contributed by atoms with E-state index in [1.165, 1.54) is 4.88 Å². The summed E-state index contributed by atoms with van der Waals surface area (Å²) >= 11 is 1.71. The summed E-state index contributed by atoms with van der Waals surface area (Å²) in [6.45, 7) is 8.04. The van der Waals surface area contributed by atoms with Gasteiger partial charge in [0.1, 0.15) is 16.5 Å². The van der Waals surface area contributed by atoms with Gasteiger partial charge in [0.15, 0.2) is 0 Å². The van der Waals surface area contributed by atoms with Crippen molar-refractivity contribution in [3.05, 3.63) is 16.8 Å². The zero-order valence-corrected chi connectivity index (χ0v) is 14.5. The van der Waals surface area contributed by atoms with Gasteiger partial charge in [-0.1, -0.05) is 6.92 Å². The van der Waals surface area contributed by atoms with Gasteiger partial charge in [-0.2, -0.15) is 0 Å². The van der Waals surface area contributed by atoms with Crippen molar-refractivity contribution in [3.8, 4) is 0 Å². The molecule has 0 spiro atoms. The molecule has 1 fully saturated rings. The van der Waals surface area contributed by atoms with Crippen molar-refractivity contribution in [2.45, 2.75) is 26.7 Å². The van der Waals surface area contributed by atoms with E-state index in [2.05, 4.69) is 33.6 Å². The number of nitrogens with zero attached hydrogens (tertiary/aromatic N) is 3. The number of piperazine rings is 1. The number of amides is 1. The Morgan fingerprint density at radius 2 is 2.17 bits per heavy atom. The molecule has 124 valence electrons. The lowest BCUT2D eigenvalue weighted by Crippen LogP contribution is -2.46. The summed E-state index contributed by atoms with van der Waals surface area (Å²) in [5.41, 5.74) is 0. The van der Waals surface area contributed by atoms with Crippen LogP contribution in [0.25, 0.3) is 10.2 Å². The number of carbonyl (C=O) groups is 1. The van der Waals surface area contributed by atoms with Crippen LogP contribution in [0.1, 0.15) is 24.0 Å². The van der Waals surface area contributed by atoms with E-state index < -0.39 is 0 Å². The molecular formula is C16H23N5OS. The Bertz CT molecular complexity index is 693. The van der Waals surface area contributed by atoms with E-state index in [0.29, 0.717) is 13.0 Å². The lowest BCUT2D eigenvalue weighted by molar-refractivity contribution is -0.131. The third-order valence-corrected chi connectivity index (χ3v) is 5.18. The van der Waals surface area contributed by atoms with Crippen LogP contribution in [0.4, 0.5) is 5.82 Å². The van der Waals surface area contributed by atoms with Crippen LogP contribution >= 0.6 is 11.3 Å². The van der Waals surface area contributed by atoms with Crippen molar-refractivity contribution in [3.63, 3.8) is 0 Å². The second kappa shape index (κ2) is 7.23. The molecule has 7 heteroatoms. The van der Waals surface area contributed by atoms with Crippen molar-refractivity contribution in [1.82, 2.24) is 20.2 Å². The number of hydrogen-bond acceptors (Lipinski definition) is 6. The summed E-state index contributed by atoms with van der Waals surface area (Å²) < 4.78 is 0. The van der Waals surface area contributed by atoms with E-state index in [1.807, 2.05) is 11.8 Å². The predicted octanol–water partition coefficient (Wildman–Crippen LogP) is 1.80. The Labute approximate surface area is 140 Å². The first kappa shape index (κ1) is 16.1. The van der Waals surface area contributed by atoms with E-state index >= 15 is 0 Å². The van der Waals surface area contributed by atoms with Crippen molar-refractivity contribution in [1.29, 1.82) is 0 Å². The third kappa shape index (κ3) is 3.79. The van der Waals surface area contributed by atoms with Crippen LogP contribution < -0.4 is 10.6 Å². The molecule has 2 N–H and O–H groups in total. The summed E-state index contributed by atoms with van der Waals surface area (Å²) in [7, 11) is 0. The normalized spacial score (nSPS) is 15.1. The molecule has 0 aromatic carbocycles. The minimum atomic E-state index is 0.209. The van der Waals surface area contributed by atoms with E-state index in [4.69, 9.17) is 0 Å². The van der Waals surface area contributed by atoms with Crippen molar-refractivity contribution >= 4 is 33.3 Å². The Morgan fingerprint density at radius 1 is 1.39 bits per heavy atom. The van der Waals surface area contributed by atoms with Crippen LogP contribution in [0.2, 0.25) is 0 Å². The summed E-state index contributed by atoms with van der Waals surface area (Å²) in [6.07, 6.45) is 1.50. The first-order chi connectivity index (χ1) is 11.2. The Kier molecular flexibility index (Phi) is 5.07. The summed E-state index contributed by atoms with van der Waals surface area (Å²) in [5, 5.41) is 7.65. The maximum absolute atomic E-state index is 12.2. The molecule has 6 nitrogen and oxygen atoms in total. The average molecular weight is 333 g/mol. The highest BCUT2D eigenvalue weighted by atomic mass is 32.1. The van der Waals surface area contributed by atoms with E-state index in [0.717, 1.165) is 54.5 Å². The fourth-order valence-corrected chi connectivity index (χ4v) is 3.76. The Balaban J connectivity index is 1.64. The van der Waals surface area contributed by atoms with E-state index in [-0.39, 0.29) is 5.91 Å². The van der Waals surface area contributed by atoms with Gasteiger partial charge >= 0.3 is 0 Å². The molecule has 0 atom stereocenters. The topological polar surface area (TPSA) is 70.2 Å².